The average Bonchev–Trinajstić information content (AvgIpc) is 2.17. The summed E-state index contributed by atoms with van der Waals surface area (Å²) in [7, 11) is 0. The van der Waals surface area contributed by atoms with Crippen molar-refractivity contribution in [2.24, 2.45) is 5.41 Å². The maximum Gasteiger partial charge on any atom is 0.0975 e. The Kier molecular flexibility index (Phi) is 3.03. The summed E-state index contributed by atoms with van der Waals surface area (Å²) in [4.78, 5) is 2.22. The third-order valence-corrected chi connectivity index (χ3v) is 3.58. The van der Waals surface area contributed by atoms with Gasteiger partial charge in [0.1, 0.15) is 0 Å². The van der Waals surface area contributed by atoms with Crippen LogP contribution in [0.1, 0.15) is 19.8 Å². The van der Waals surface area contributed by atoms with E-state index in [1.165, 1.54) is 0 Å². The van der Waals surface area contributed by atoms with Crippen molar-refractivity contribution >= 4 is 0 Å². The molecule has 0 amide bonds. The van der Waals surface area contributed by atoms with Gasteiger partial charge in [0.05, 0.1) is 12.2 Å². The monoisotopic (exact) mass is 215 g/mol. The van der Waals surface area contributed by atoms with Crippen LogP contribution in [0.2, 0.25) is 0 Å². The Morgan fingerprint density at radius 2 is 1.93 bits per heavy atom. The van der Waals surface area contributed by atoms with Crippen molar-refractivity contribution in [2.75, 3.05) is 39.5 Å². The minimum atomic E-state index is -0.952. The lowest BCUT2D eigenvalue weighted by atomic mass is 9.73. The van der Waals surface area contributed by atoms with Crippen LogP contribution < -0.4 is 0 Å². The fraction of sp³-hybridized carbons (Fsp3) is 1.00. The highest BCUT2D eigenvalue weighted by atomic mass is 16.5. The van der Waals surface area contributed by atoms with E-state index in [1.54, 1.807) is 6.92 Å². The number of aliphatic hydroxyl groups excluding tert-OH is 1. The molecule has 1 atom stereocenters. The Bertz CT molecular complexity index is 216. The summed E-state index contributed by atoms with van der Waals surface area (Å²) in [6.45, 7) is 5.95. The molecule has 2 fully saturated rings. The van der Waals surface area contributed by atoms with Gasteiger partial charge in [-0.2, -0.15) is 0 Å². The summed E-state index contributed by atoms with van der Waals surface area (Å²) in [5.74, 6) is 0. The van der Waals surface area contributed by atoms with E-state index in [0.717, 1.165) is 39.1 Å². The molecule has 0 radical (unpaired) electrons. The maximum absolute atomic E-state index is 9.73. The summed E-state index contributed by atoms with van der Waals surface area (Å²) < 4.78 is 5.35. The smallest absolute Gasteiger partial charge is 0.0975 e. The number of aliphatic hydroxyl groups is 2. The highest BCUT2D eigenvalue weighted by molar-refractivity contribution is 4.97. The topological polar surface area (TPSA) is 52.9 Å². The van der Waals surface area contributed by atoms with Gasteiger partial charge < -0.3 is 14.9 Å². The molecule has 0 saturated carbocycles. The molecule has 0 aromatic carbocycles. The molecule has 0 aromatic heterocycles. The molecular weight excluding hydrogens is 194 g/mol. The van der Waals surface area contributed by atoms with E-state index in [4.69, 9.17) is 9.84 Å². The van der Waals surface area contributed by atoms with Crippen molar-refractivity contribution in [3.8, 4) is 0 Å². The van der Waals surface area contributed by atoms with Crippen LogP contribution in [0.5, 0.6) is 0 Å². The number of nitrogens with zero attached hydrogens (tertiary/aromatic N) is 1. The first-order chi connectivity index (χ1) is 7.05. The van der Waals surface area contributed by atoms with Gasteiger partial charge in [0.15, 0.2) is 0 Å². The van der Waals surface area contributed by atoms with Gasteiger partial charge in [-0.3, -0.25) is 4.90 Å². The quantitative estimate of drug-likeness (QED) is 0.687. The molecule has 0 bridgehead atoms. The Morgan fingerprint density at radius 3 is 2.47 bits per heavy atom. The van der Waals surface area contributed by atoms with Gasteiger partial charge >= 0.3 is 0 Å². The van der Waals surface area contributed by atoms with Crippen LogP contribution in [0, 0.1) is 5.41 Å². The van der Waals surface area contributed by atoms with Crippen molar-refractivity contribution in [1.82, 2.24) is 4.90 Å². The SMILES string of the molecule is CC(O)(CO)CN1CC2(CCOCC2)C1. The van der Waals surface area contributed by atoms with Gasteiger partial charge in [0, 0.05) is 38.3 Å². The summed E-state index contributed by atoms with van der Waals surface area (Å²) in [5, 5.41) is 18.7. The van der Waals surface area contributed by atoms with E-state index < -0.39 is 5.60 Å². The van der Waals surface area contributed by atoms with E-state index >= 15 is 0 Å². The Hall–Kier alpha value is -0.160. The lowest BCUT2D eigenvalue weighted by molar-refractivity contribution is -0.114. The minimum absolute atomic E-state index is 0.167. The maximum atomic E-state index is 9.73. The number of likely N-dealkylation sites (tertiary alicyclic amines) is 1. The molecular formula is C11H21NO3. The fourth-order valence-electron chi connectivity index (χ4n) is 2.67. The molecule has 0 aliphatic carbocycles. The van der Waals surface area contributed by atoms with Gasteiger partial charge in [-0.25, -0.2) is 0 Å². The second-order valence-corrected chi connectivity index (χ2v) is 5.41. The number of hydrogen-bond acceptors (Lipinski definition) is 4. The Morgan fingerprint density at radius 1 is 1.33 bits per heavy atom. The van der Waals surface area contributed by atoms with Crippen LogP contribution in [0.3, 0.4) is 0 Å². The van der Waals surface area contributed by atoms with Gasteiger partial charge in [-0.15, -0.1) is 0 Å². The first kappa shape index (κ1) is 11.3. The molecule has 2 heterocycles. The van der Waals surface area contributed by atoms with E-state index in [0.29, 0.717) is 12.0 Å². The van der Waals surface area contributed by atoms with Gasteiger partial charge in [-0.05, 0) is 19.8 Å². The molecule has 2 rings (SSSR count). The van der Waals surface area contributed by atoms with E-state index in [-0.39, 0.29) is 6.61 Å². The number of ether oxygens (including phenoxy) is 1. The molecule has 1 unspecified atom stereocenters. The standard InChI is InChI=1S/C11H21NO3/c1-10(14,9-13)6-12-7-11(8-12)2-4-15-5-3-11/h13-14H,2-9H2,1H3. The molecule has 2 N–H and O–H groups in total. The Balaban J connectivity index is 1.77. The van der Waals surface area contributed by atoms with Crippen molar-refractivity contribution in [2.45, 2.75) is 25.4 Å². The van der Waals surface area contributed by atoms with Crippen LogP contribution in [0.4, 0.5) is 0 Å². The molecule has 4 heteroatoms. The van der Waals surface area contributed by atoms with Crippen molar-refractivity contribution < 1.29 is 14.9 Å². The van der Waals surface area contributed by atoms with Gasteiger partial charge in [0.2, 0.25) is 0 Å². The number of rotatable bonds is 3. The van der Waals surface area contributed by atoms with Crippen molar-refractivity contribution in [3.63, 3.8) is 0 Å². The summed E-state index contributed by atoms with van der Waals surface area (Å²) in [6, 6.07) is 0. The summed E-state index contributed by atoms with van der Waals surface area (Å²) >= 11 is 0. The van der Waals surface area contributed by atoms with E-state index in [1.807, 2.05) is 0 Å². The predicted molar refractivity (Wildman–Crippen MR) is 56.6 cm³/mol. The second-order valence-electron chi connectivity index (χ2n) is 5.41. The average molecular weight is 215 g/mol. The van der Waals surface area contributed by atoms with Gasteiger partial charge in [0.25, 0.3) is 0 Å². The molecule has 2 saturated heterocycles. The molecule has 4 nitrogen and oxygen atoms in total. The summed E-state index contributed by atoms with van der Waals surface area (Å²) in [5.41, 5.74) is -0.503. The lowest BCUT2D eigenvalue weighted by Gasteiger charge is -2.53. The second kappa shape index (κ2) is 4.01. The summed E-state index contributed by atoms with van der Waals surface area (Å²) in [6.07, 6.45) is 2.29. The zero-order valence-corrected chi connectivity index (χ0v) is 9.41. The normalized spacial score (nSPS) is 29.8. The van der Waals surface area contributed by atoms with E-state index in [9.17, 15) is 5.11 Å². The third-order valence-electron chi connectivity index (χ3n) is 3.58. The third kappa shape index (κ3) is 2.50. The molecule has 88 valence electrons. The van der Waals surface area contributed by atoms with Crippen LogP contribution in [0.25, 0.3) is 0 Å². The highest BCUT2D eigenvalue weighted by Gasteiger charge is 2.45. The Labute approximate surface area is 90.8 Å². The lowest BCUT2D eigenvalue weighted by Crippen LogP contribution is -2.61. The van der Waals surface area contributed by atoms with Crippen LogP contribution in [-0.2, 0) is 4.74 Å². The zero-order chi connectivity index (χ0) is 10.9. The molecule has 2 aliphatic heterocycles. The largest absolute Gasteiger partial charge is 0.393 e. The molecule has 2 aliphatic rings. The minimum Gasteiger partial charge on any atom is -0.393 e. The van der Waals surface area contributed by atoms with Crippen molar-refractivity contribution in [1.29, 1.82) is 0 Å². The number of β-amino-alcohol motifs (C(OH)–C–C–N with tert-alkyl or cyclic N) is 1. The fourth-order valence-corrected chi connectivity index (χ4v) is 2.67. The van der Waals surface area contributed by atoms with Crippen LogP contribution >= 0.6 is 0 Å². The molecule has 15 heavy (non-hydrogen) atoms. The number of hydrogen-bond donors (Lipinski definition) is 2. The predicted octanol–water partition coefficient (Wildman–Crippen LogP) is -0.158. The van der Waals surface area contributed by atoms with E-state index in [2.05, 4.69) is 4.90 Å². The highest BCUT2D eigenvalue weighted by Crippen LogP contribution is 2.40. The first-order valence-electron chi connectivity index (χ1n) is 5.69. The molecule has 0 aromatic rings. The van der Waals surface area contributed by atoms with Gasteiger partial charge in [-0.1, -0.05) is 0 Å². The van der Waals surface area contributed by atoms with Crippen LogP contribution in [0.15, 0.2) is 0 Å². The molecule has 1 spiro atoms. The van der Waals surface area contributed by atoms with Crippen molar-refractivity contribution in [3.05, 3.63) is 0 Å². The van der Waals surface area contributed by atoms with Crippen LogP contribution in [-0.4, -0.2) is 60.2 Å². The first-order valence-corrected chi connectivity index (χ1v) is 5.69. The zero-order valence-electron chi connectivity index (χ0n) is 9.41.